The molecule has 2 rings (SSSR count). The van der Waals surface area contributed by atoms with Gasteiger partial charge in [-0.15, -0.1) is 11.3 Å². The molecule has 5 nitrogen and oxygen atoms in total. The Balaban J connectivity index is 2.19. The van der Waals surface area contributed by atoms with Crippen molar-refractivity contribution in [1.29, 1.82) is 0 Å². The molecule has 0 aromatic carbocycles. The van der Waals surface area contributed by atoms with Gasteiger partial charge in [0.05, 0.1) is 22.4 Å². The van der Waals surface area contributed by atoms with Crippen LogP contribution in [0.15, 0.2) is 17.6 Å². The van der Waals surface area contributed by atoms with Gasteiger partial charge in [0, 0.05) is 25.0 Å². The number of nitrogens with two attached hydrogens (primary N) is 1. The van der Waals surface area contributed by atoms with Crippen molar-refractivity contribution in [1.82, 2.24) is 20.2 Å². The fourth-order valence-corrected chi connectivity index (χ4v) is 2.40. The number of thiazole rings is 1. The van der Waals surface area contributed by atoms with E-state index in [-0.39, 0.29) is 6.04 Å². The molecule has 16 heavy (non-hydrogen) atoms. The molecule has 0 bridgehead atoms. The Morgan fingerprint density at radius 1 is 1.62 bits per heavy atom. The van der Waals surface area contributed by atoms with Crippen LogP contribution in [0.5, 0.6) is 0 Å². The molecule has 2 heterocycles. The Bertz CT molecular complexity index is 448. The Labute approximate surface area is 98.3 Å². The molecule has 0 radical (unpaired) electrons. The van der Waals surface area contributed by atoms with Gasteiger partial charge in [-0.1, -0.05) is 0 Å². The first-order valence-electron chi connectivity index (χ1n) is 5.05. The molecule has 2 aromatic rings. The third-order valence-electron chi connectivity index (χ3n) is 2.46. The first-order chi connectivity index (χ1) is 7.70. The molecule has 0 amide bonds. The zero-order valence-electron chi connectivity index (χ0n) is 9.34. The van der Waals surface area contributed by atoms with Crippen LogP contribution in [0.25, 0.3) is 0 Å². The normalized spacial score (nSPS) is 12.9. The molecule has 1 atom stereocenters. The van der Waals surface area contributed by atoms with Crippen molar-refractivity contribution in [2.45, 2.75) is 19.4 Å². The summed E-state index contributed by atoms with van der Waals surface area (Å²) in [5.74, 6) is 5.59. The molecule has 0 aliphatic rings. The zero-order chi connectivity index (χ0) is 11.5. The molecular formula is C10H15N5S. The molecule has 0 aliphatic heterocycles. The summed E-state index contributed by atoms with van der Waals surface area (Å²) in [5.41, 5.74) is 4.89. The SMILES string of the molecule is Cc1cc(C(Cc2nccs2)NN)n(C)n1. The lowest BCUT2D eigenvalue weighted by molar-refractivity contribution is 0.507. The highest BCUT2D eigenvalue weighted by atomic mass is 32.1. The maximum atomic E-state index is 5.59. The standard InChI is InChI=1S/C10H15N5S/c1-7-5-9(15(2)14-7)8(13-11)6-10-12-3-4-16-10/h3-5,8,13H,6,11H2,1-2H3. The zero-order valence-corrected chi connectivity index (χ0v) is 10.2. The number of aromatic nitrogens is 3. The Morgan fingerprint density at radius 2 is 2.44 bits per heavy atom. The molecule has 0 saturated carbocycles. The van der Waals surface area contributed by atoms with Crippen LogP contribution in [0.3, 0.4) is 0 Å². The summed E-state index contributed by atoms with van der Waals surface area (Å²) in [6.07, 6.45) is 2.59. The van der Waals surface area contributed by atoms with Crippen LogP contribution in [-0.2, 0) is 13.5 Å². The monoisotopic (exact) mass is 237 g/mol. The van der Waals surface area contributed by atoms with Gasteiger partial charge in [0.15, 0.2) is 0 Å². The second-order valence-electron chi connectivity index (χ2n) is 3.68. The highest BCUT2D eigenvalue weighted by Crippen LogP contribution is 2.19. The second-order valence-corrected chi connectivity index (χ2v) is 4.66. The van der Waals surface area contributed by atoms with Crippen molar-refractivity contribution in [3.05, 3.63) is 34.0 Å². The summed E-state index contributed by atoms with van der Waals surface area (Å²) in [5, 5.41) is 7.35. The van der Waals surface area contributed by atoms with Crippen LogP contribution < -0.4 is 11.3 Å². The van der Waals surface area contributed by atoms with Gasteiger partial charge in [-0.05, 0) is 13.0 Å². The molecule has 0 fully saturated rings. The Kier molecular flexibility index (Phi) is 3.33. The van der Waals surface area contributed by atoms with E-state index >= 15 is 0 Å². The van der Waals surface area contributed by atoms with Crippen LogP contribution in [0.4, 0.5) is 0 Å². The molecule has 3 N–H and O–H groups in total. The topological polar surface area (TPSA) is 68.8 Å². The largest absolute Gasteiger partial charge is 0.271 e. The van der Waals surface area contributed by atoms with E-state index in [4.69, 9.17) is 5.84 Å². The minimum atomic E-state index is 0.0531. The van der Waals surface area contributed by atoms with E-state index in [1.807, 2.05) is 36.3 Å². The van der Waals surface area contributed by atoms with Crippen LogP contribution in [-0.4, -0.2) is 14.8 Å². The first-order valence-corrected chi connectivity index (χ1v) is 5.93. The summed E-state index contributed by atoms with van der Waals surface area (Å²) in [6.45, 7) is 1.97. The van der Waals surface area contributed by atoms with Gasteiger partial charge in [0.1, 0.15) is 0 Å². The highest BCUT2D eigenvalue weighted by Gasteiger charge is 2.16. The summed E-state index contributed by atoms with van der Waals surface area (Å²) >= 11 is 1.64. The fraction of sp³-hybridized carbons (Fsp3) is 0.400. The van der Waals surface area contributed by atoms with Crippen molar-refractivity contribution < 1.29 is 0 Å². The molecule has 86 valence electrons. The lowest BCUT2D eigenvalue weighted by atomic mass is 10.1. The smallest absolute Gasteiger partial charge is 0.0944 e. The molecule has 6 heteroatoms. The summed E-state index contributed by atoms with van der Waals surface area (Å²) in [4.78, 5) is 4.26. The van der Waals surface area contributed by atoms with E-state index in [0.29, 0.717) is 0 Å². The molecule has 0 aliphatic carbocycles. The predicted octanol–water partition coefficient (Wildman–Crippen LogP) is 0.932. The summed E-state index contributed by atoms with van der Waals surface area (Å²) in [7, 11) is 1.93. The lowest BCUT2D eigenvalue weighted by Gasteiger charge is -2.14. The Morgan fingerprint density at radius 3 is 2.94 bits per heavy atom. The lowest BCUT2D eigenvalue weighted by Crippen LogP contribution is -2.31. The summed E-state index contributed by atoms with van der Waals surface area (Å²) in [6, 6.07) is 2.09. The number of hydrazine groups is 1. The number of rotatable bonds is 4. The van der Waals surface area contributed by atoms with Gasteiger partial charge >= 0.3 is 0 Å². The van der Waals surface area contributed by atoms with Gasteiger partial charge in [-0.2, -0.15) is 5.10 Å². The van der Waals surface area contributed by atoms with Crippen molar-refractivity contribution in [2.24, 2.45) is 12.9 Å². The minimum Gasteiger partial charge on any atom is -0.271 e. The fourth-order valence-electron chi connectivity index (χ4n) is 1.73. The van der Waals surface area contributed by atoms with Gasteiger partial charge in [-0.25, -0.2) is 4.98 Å². The molecule has 0 saturated heterocycles. The van der Waals surface area contributed by atoms with E-state index in [1.54, 1.807) is 11.3 Å². The van der Waals surface area contributed by atoms with Crippen LogP contribution in [0.1, 0.15) is 22.4 Å². The van der Waals surface area contributed by atoms with Crippen molar-refractivity contribution in [3.63, 3.8) is 0 Å². The van der Waals surface area contributed by atoms with Gasteiger partial charge < -0.3 is 0 Å². The highest BCUT2D eigenvalue weighted by molar-refractivity contribution is 7.09. The van der Waals surface area contributed by atoms with Crippen LogP contribution in [0.2, 0.25) is 0 Å². The third kappa shape index (κ3) is 2.29. The van der Waals surface area contributed by atoms with Gasteiger partial charge in [-0.3, -0.25) is 16.0 Å². The number of hydrogen-bond acceptors (Lipinski definition) is 5. The number of nitrogens with one attached hydrogen (secondary N) is 1. The van der Waals surface area contributed by atoms with E-state index in [9.17, 15) is 0 Å². The van der Waals surface area contributed by atoms with Crippen molar-refractivity contribution in [2.75, 3.05) is 0 Å². The van der Waals surface area contributed by atoms with E-state index < -0.39 is 0 Å². The van der Waals surface area contributed by atoms with Gasteiger partial charge in [0.2, 0.25) is 0 Å². The number of hydrogen-bond donors (Lipinski definition) is 2. The summed E-state index contributed by atoms with van der Waals surface area (Å²) < 4.78 is 1.85. The number of aryl methyl sites for hydroxylation is 2. The molecule has 2 aromatic heterocycles. The van der Waals surface area contributed by atoms with E-state index in [2.05, 4.69) is 15.5 Å². The Hall–Kier alpha value is -1.24. The second kappa shape index (κ2) is 4.73. The van der Waals surface area contributed by atoms with Crippen molar-refractivity contribution in [3.8, 4) is 0 Å². The van der Waals surface area contributed by atoms with Crippen LogP contribution >= 0.6 is 11.3 Å². The third-order valence-corrected chi connectivity index (χ3v) is 3.26. The number of nitrogens with zero attached hydrogens (tertiary/aromatic N) is 3. The minimum absolute atomic E-state index is 0.0531. The van der Waals surface area contributed by atoms with Gasteiger partial charge in [0.25, 0.3) is 0 Å². The predicted molar refractivity (Wildman–Crippen MR) is 63.8 cm³/mol. The van der Waals surface area contributed by atoms with Crippen molar-refractivity contribution >= 4 is 11.3 Å². The average Bonchev–Trinajstić information content (AvgIpc) is 2.85. The van der Waals surface area contributed by atoms with Crippen LogP contribution in [0, 0.1) is 6.92 Å². The van der Waals surface area contributed by atoms with E-state index in [1.165, 1.54) is 0 Å². The maximum absolute atomic E-state index is 5.59. The first kappa shape index (κ1) is 11.3. The molecule has 1 unspecified atom stereocenters. The molecular weight excluding hydrogens is 222 g/mol. The quantitative estimate of drug-likeness (QED) is 0.613. The average molecular weight is 237 g/mol. The van der Waals surface area contributed by atoms with E-state index in [0.717, 1.165) is 22.8 Å². The maximum Gasteiger partial charge on any atom is 0.0944 e. The molecule has 0 spiro atoms.